The number of fused-ring (bicyclic) bond motifs is 1. The fourth-order valence-electron chi connectivity index (χ4n) is 2.13. The summed E-state index contributed by atoms with van der Waals surface area (Å²) in [4.78, 5) is 22.3. The minimum atomic E-state index is -0.475. The molecule has 0 aromatic heterocycles. The third-order valence-corrected chi connectivity index (χ3v) is 3.46. The van der Waals surface area contributed by atoms with Crippen LogP contribution in [0.3, 0.4) is 0 Å². The van der Waals surface area contributed by atoms with Crippen molar-refractivity contribution in [3.63, 3.8) is 0 Å². The van der Waals surface area contributed by atoms with Crippen LogP contribution in [-0.4, -0.2) is 23.3 Å². The molecule has 24 heavy (non-hydrogen) atoms. The number of hydrazone groups is 1. The lowest BCUT2D eigenvalue weighted by Gasteiger charge is -2.04. The Hall–Kier alpha value is -3.42. The lowest BCUT2D eigenvalue weighted by molar-refractivity contribution is -0.384. The van der Waals surface area contributed by atoms with Crippen molar-refractivity contribution >= 4 is 17.3 Å². The van der Waals surface area contributed by atoms with E-state index in [1.54, 1.807) is 37.3 Å². The Morgan fingerprint density at radius 1 is 1.12 bits per heavy atom. The highest BCUT2D eigenvalue weighted by molar-refractivity contribution is 6.01. The smallest absolute Gasteiger partial charge is 0.271 e. The number of benzene rings is 2. The quantitative estimate of drug-likeness (QED) is 0.528. The number of ether oxygens (including phenoxy) is 2. The van der Waals surface area contributed by atoms with Crippen LogP contribution in [0.2, 0.25) is 0 Å². The fraction of sp³-hybridized carbons (Fsp3) is 0.125. The Balaban J connectivity index is 1.70. The minimum Gasteiger partial charge on any atom is -0.454 e. The standard InChI is InChI=1S/C16H13N3O5/c1-10(11-2-5-13(6-3-11)19(21)22)17-18-16(20)12-4-7-14-15(8-12)24-9-23-14/h2-8H,9H2,1H3,(H,18,20). The van der Waals surface area contributed by atoms with Gasteiger partial charge in [0.05, 0.1) is 10.6 Å². The molecule has 1 amide bonds. The van der Waals surface area contributed by atoms with Crippen LogP contribution in [0.15, 0.2) is 47.6 Å². The van der Waals surface area contributed by atoms with Gasteiger partial charge in [0.2, 0.25) is 6.79 Å². The highest BCUT2D eigenvalue weighted by atomic mass is 16.7. The molecule has 1 heterocycles. The Morgan fingerprint density at radius 2 is 1.79 bits per heavy atom. The summed E-state index contributed by atoms with van der Waals surface area (Å²) in [6.07, 6.45) is 0. The van der Waals surface area contributed by atoms with Crippen molar-refractivity contribution < 1.29 is 19.2 Å². The summed E-state index contributed by atoms with van der Waals surface area (Å²) >= 11 is 0. The number of non-ortho nitro benzene ring substituents is 1. The van der Waals surface area contributed by atoms with Gasteiger partial charge in [0.15, 0.2) is 11.5 Å². The Kier molecular flexibility index (Phi) is 4.11. The number of amides is 1. The van der Waals surface area contributed by atoms with Crippen molar-refractivity contribution in [3.8, 4) is 11.5 Å². The second-order valence-corrected chi connectivity index (χ2v) is 5.01. The molecule has 122 valence electrons. The van der Waals surface area contributed by atoms with E-state index in [4.69, 9.17) is 9.47 Å². The number of hydrogen-bond acceptors (Lipinski definition) is 6. The first-order valence-corrected chi connectivity index (χ1v) is 7.04. The van der Waals surface area contributed by atoms with E-state index in [0.717, 1.165) is 0 Å². The van der Waals surface area contributed by atoms with Crippen molar-refractivity contribution in [2.45, 2.75) is 6.92 Å². The van der Waals surface area contributed by atoms with Crippen LogP contribution in [0.25, 0.3) is 0 Å². The van der Waals surface area contributed by atoms with E-state index in [-0.39, 0.29) is 12.5 Å². The van der Waals surface area contributed by atoms with Crippen LogP contribution in [0, 0.1) is 10.1 Å². The zero-order chi connectivity index (χ0) is 17.1. The molecule has 0 aliphatic carbocycles. The second-order valence-electron chi connectivity index (χ2n) is 5.01. The monoisotopic (exact) mass is 327 g/mol. The van der Waals surface area contributed by atoms with E-state index in [9.17, 15) is 14.9 Å². The molecule has 8 heteroatoms. The molecule has 2 aromatic carbocycles. The maximum atomic E-state index is 12.1. The molecule has 3 rings (SSSR count). The maximum Gasteiger partial charge on any atom is 0.271 e. The molecule has 1 aliphatic rings. The summed E-state index contributed by atoms with van der Waals surface area (Å²) in [6.45, 7) is 1.83. The van der Waals surface area contributed by atoms with Gasteiger partial charge in [-0.05, 0) is 42.8 Å². The van der Waals surface area contributed by atoms with Gasteiger partial charge in [-0.2, -0.15) is 5.10 Å². The molecule has 2 aromatic rings. The SMILES string of the molecule is CC(=NNC(=O)c1ccc2c(c1)OCO2)c1ccc([N+](=O)[O-])cc1. The number of nitro groups is 1. The van der Waals surface area contributed by atoms with Gasteiger partial charge in [-0.1, -0.05) is 0 Å². The first-order valence-electron chi connectivity index (χ1n) is 7.04. The zero-order valence-corrected chi connectivity index (χ0v) is 12.7. The fourth-order valence-corrected chi connectivity index (χ4v) is 2.13. The van der Waals surface area contributed by atoms with E-state index < -0.39 is 10.8 Å². The van der Waals surface area contributed by atoms with E-state index >= 15 is 0 Å². The molecule has 0 atom stereocenters. The molecule has 1 aliphatic heterocycles. The molecule has 8 nitrogen and oxygen atoms in total. The first kappa shape index (κ1) is 15.5. The van der Waals surface area contributed by atoms with Gasteiger partial charge >= 0.3 is 0 Å². The molecular weight excluding hydrogens is 314 g/mol. The molecule has 0 fully saturated rings. The summed E-state index contributed by atoms with van der Waals surface area (Å²) in [5.41, 5.74) is 4.03. The van der Waals surface area contributed by atoms with Gasteiger partial charge in [-0.15, -0.1) is 0 Å². The lowest BCUT2D eigenvalue weighted by Crippen LogP contribution is -2.19. The summed E-state index contributed by atoms with van der Waals surface area (Å²) < 4.78 is 10.4. The van der Waals surface area contributed by atoms with Crippen molar-refractivity contribution in [2.75, 3.05) is 6.79 Å². The highest BCUT2D eigenvalue weighted by Gasteiger charge is 2.16. The van der Waals surface area contributed by atoms with Crippen molar-refractivity contribution in [1.82, 2.24) is 5.43 Å². The van der Waals surface area contributed by atoms with Crippen molar-refractivity contribution in [1.29, 1.82) is 0 Å². The van der Waals surface area contributed by atoms with Crippen LogP contribution < -0.4 is 14.9 Å². The second kappa shape index (κ2) is 6.37. The van der Waals surface area contributed by atoms with Crippen LogP contribution in [0.1, 0.15) is 22.8 Å². The van der Waals surface area contributed by atoms with Crippen LogP contribution in [-0.2, 0) is 0 Å². The number of hydrogen-bond donors (Lipinski definition) is 1. The Morgan fingerprint density at radius 3 is 2.50 bits per heavy atom. The third-order valence-electron chi connectivity index (χ3n) is 3.46. The number of nitro benzene ring substituents is 1. The van der Waals surface area contributed by atoms with Crippen LogP contribution in [0.4, 0.5) is 5.69 Å². The van der Waals surface area contributed by atoms with E-state index in [0.29, 0.717) is 28.3 Å². The molecule has 0 saturated carbocycles. The van der Waals surface area contributed by atoms with E-state index in [2.05, 4.69) is 10.5 Å². The van der Waals surface area contributed by atoms with Gasteiger partial charge in [0.1, 0.15) is 0 Å². The average Bonchev–Trinajstić information content (AvgIpc) is 3.07. The van der Waals surface area contributed by atoms with Crippen LogP contribution in [0.5, 0.6) is 11.5 Å². The predicted octanol–water partition coefficient (Wildman–Crippen LogP) is 2.48. The molecule has 0 saturated heterocycles. The van der Waals surface area contributed by atoms with Gasteiger partial charge < -0.3 is 9.47 Å². The third kappa shape index (κ3) is 3.17. The van der Waals surface area contributed by atoms with Gasteiger partial charge in [0, 0.05) is 17.7 Å². The minimum absolute atomic E-state index is 0.00375. The number of rotatable bonds is 4. The summed E-state index contributed by atoms with van der Waals surface area (Å²) in [7, 11) is 0. The Labute approximate surface area is 136 Å². The van der Waals surface area contributed by atoms with Gasteiger partial charge in [-0.3, -0.25) is 14.9 Å². The van der Waals surface area contributed by atoms with E-state index in [1.807, 2.05) is 0 Å². The largest absolute Gasteiger partial charge is 0.454 e. The molecule has 1 N–H and O–H groups in total. The maximum absolute atomic E-state index is 12.1. The molecule has 0 radical (unpaired) electrons. The van der Waals surface area contributed by atoms with E-state index in [1.165, 1.54) is 12.1 Å². The normalized spacial score (nSPS) is 12.8. The summed E-state index contributed by atoms with van der Waals surface area (Å²) in [5.74, 6) is 0.713. The molecule has 0 spiro atoms. The van der Waals surface area contributed by atoms with Crippen LogP contribution >= 0.6 is 0 Å². The summed E-state index contributed by atoms with van der Waals surface area (Å²) in [5, 5.41) is 14.6. The summed E-state index contributed by atoms with van der Waals surface area (Å²) in [6, 6.07) is 10.8. The number of nitrogens with zero attached hydrogens (tertiary/aromatic N) is 2. The number of carbonyl (C=O) groups excluding carboxylic acids is 1. The predicted molar refractivity (Wildman–Crippen MR) is 85.3 cm³/mol. The zero-order valence-electron chi connectivity index (χ0n) is 12.7. The topological polar surface area (TPSA) is 103 Å². The molecule has 0 unspecified atom stereocenters. The highest BCUT2D eigenvalue weighted by Crippen LogP contribution is 2.32. The van der Waals surface area contributed by atoms with Gasteiger partial charge in [-0.25, -0.2) is 5.43 Å². The molecular formula is C16H13N3O5. The molecule has 0 bridgehead atoms. The van der Waals surface area contributed by atoms with Crippen molar-refractivity contribution in [3.05, 3.63) is 63.7 Å². The number of nitrogens with one attached hydrogen (secondary N) is 1. The number of carbonyl (C=O) groups is 1. The Bertz CT molecular complexity index is 830. The first-order chi connectivity index (χ1) is 11.5. The average molecular weight is 327 g/mol. The van der Waals surface area contributed by atoms with Crippen molar-refractivity contribution in [2.24, 2.45) is 5.10 Å². The lowest BCUT2D eigenvalue weighted by atomic mass is 10.1. The van der Waals surface area contributed by atoms with Gasteiger partial charge in [0.25, 0.3) is 11.6 Å².